The molecule has 0 N–H and O–H groups in total. The third kappa shape index (κ3) is 4.57. The first-order valence-electron chi connectivity index (χ1n) is 9.56. The maximum atomic E-state index is 12.2. The van der Waals surface area contributed by atoms with Gasteiger partial charge in [-0.3, -0.25) is 14.7 Å². The van der Waals surface area contributed by atoms with Gasteiger partial charge in [-0.25, -0.2) is 9.67 Å². The fourth-order valence-corrected chi connectivity index (χ4v) is 3.28. The summed E-state index contributed by atoms with van der Waals surface area (Å²) in [4.78, 5) is 29.5. The van der Waals surface area contributed by atoms with Crippen molar-refractivity contribution in [3.63, 3.8) is 0 Å². The first-order chi connectivity index (χ1) is 14.2. The third-order valence-electron chi connectivity index (χ3n) is 4.93. The Morgan fingerprint density at radius 3 is 2.66 bits per heavy atom. The van der Waals surface area contributed by atoms with Crippen molar-refractivity contribution >= 4 is 5.95 Å². The van der Waals surface area contributed by atoms with Crippen molar-refractivity contribution in [2.24, 2.45) is 0 Å². The van der Waals surface area contributed by atoms with Crippen LogP contribution in [0.25, 0.3) is 11.3 Å². The molecule has 0 atom stereocenters. The number of piperazine rings is 1. The largest absolute Gasteiger partial charge is 0.481 e. The van der Waals surface area contributed by atoms with E-state index < -0.39 is 0 Å². The highest BCUT2D eigenvalue weighted by atomic mass is 16.5. The van der Waals surface area contributed by atoms with Crippen LogP contribution in [0, 0.1) is 0 Å². The smallest absolute Gasteiger partial charge is 0.266 e. The van der Waals surface area contributed by atoms with Gasteiger partial charge in [-0.1, -0.05) is 0 Å². The molecule has 0 radical (unpaired) electrons. The molecule has 1 saturated heterocycles. The standard InChI is InChI=1S/C20H23N7O2/c1-29-18-6-8-22-20(23-18)26-12-9-25(10-13-26)11-14-27-19(28)5-4-17(24-27)16-3-2-7-21-15-16/h2-8,15H,9-14H2,1H3. The highest BCUT2D eigenvalue weighted by Crippen LogP contribution is 2.15. The first-order valence-corrected chi connectivity index (χ1v) is 9.56. The van der Waals surface area contributed by atoms with Crippen LogP contribution in [0.15, 0.2) is 53.7 Å². The topological polar surface area (TPSA) is 89.3 Å². The summed E-state index contributed by atoms with van der Waals surface area (Å²) in [5.74, 6) is 1.25. The fourth-order valence-electron chi connectivity index (χ4n) is 3.28. The number of aromatic nitrogens is 5. The molecule has 0 bridgehead atoms. The van der Waals surface area contributed by atoms with E-state index in [1.54, 1.807) is 43.9 Å². The van der Waals surface area contributed by atoms with Gasteiger partial charge in [0.05, 0.1) is 19.3 Å². The summed E-state index contributed by atoms with van der Waals surface area (Å²) in [6, 6.07) is 8.84. The van der Waals surface area contributed by atoms with Crippen LogP contribution in [-0.4, -0.2) is 69.5 Å². The van der Waals surface area contributed by atoms with Gasteiger partial charge in [0.2, 0.25) is 11.8 Å². The monoisotopic (exact) mass is 393 g/mol. The molecule has 4 heterocycles. The Morgan fingerprint density at radius 2 is 1.90 bits per heavy atom. The molecule has 3 aromatic rings. The summed E-state index contributed by atoms with van der Waals surface area (Å²) in [6.07, 6.45) is 5.17. The van der Waals surface area contributed by atoms with E-state index in [0.717, 1.165) is 44.0 Å². The molecule has 150 valence electrons. The van der Waals surface area contributed by atoms with Crippen molar-refractivity contribution in [3.05, 3.63) is 59.3 Å². The lowest BCUT2D eigenvalue weighted by molar-refractivity contribution is 0.241. The van der Waals surface area contributed by atoms with Crippen LogP contribution in [0.2, 0.25) is 0 Å². The van der Waals surface area contributed by atoms with E-state index in [4.69, 9.17) is 4.74 Å². The second-order valence-corrected chi connectivity index (χ2v) is 6.75. The fraction of sp³-hybridized carbons (Fsp3) is 0.350. The molecule has 0 aromatic carbocycles. The van der Waals surface area contributed by atoms with Gasteiger partial charge in [-0.05, 0) is 18.2 Å². The summed E-state index contributed by atoms with van der Waals surface area (Å²) >= 11 is 0. The third-order valence-corrected chi connectivity index (χ3v) is 4.93. The van der Waals surface area contributed by atoms with Crippen LogP contribution in [0.1, 0.15) is 0 Å². The quantitative estimate of drug-likeness (QED) is 0.611. The Bertz CT molecular complexity index is 1000. The predicted molar refractivity (Wildman–Crippen MR) is 109 cm³/mol. The molecule has 0 spiro atoms. The average Bonchev–Trinajstić information content (AvgIpc) is 2.79. The van der Waals surface area contributed by atoms with Gasteiger partial charge in [0.1, 0.15) is 0 Å². The van der Waals surface area contributed by atoms with Crippen molar-refractivity contribution in [2.45, 2.75) is 6.54 Å². The van der Waals surface area contributed by atoms with E-state index in [1.165, 1.54) is 4.68 Å². The Balaban J connectivity index is 1.35. The number of anilines is 1. The predicted octanol–water partition coefficient (Wildman–Crippen LogP) is 0.926. The van der Waals surface area contributed by atoms with Crippen molar-refractivity contribution in [1.82, 2.24) is 29.6 Å². The molecule has 0 saturated carbocycles. The molecule has 9 heteroatoms. The molecule has 1 aliphatic heterocycles. The second kappa shape index (κ2) is 8.78. The van der Waals surface area contributed by atoms with E-state index >= 15 is 0 Å². The van der Waals surface area contributed by atoms with Gasteiger partial charge in [-0.2, -0.15) is 10.1 Å². The Hall–Kier alpha value is -3.33. The second-order valence-electron chi connectivity index (χ2n) is 6.75. The van der Waals surface area contributed by atoms with Gasteiger partial charge in [0, 0.05) is 69.0 Å². The van der Waals surface area contributed by atoms with Crippen molar-refractivity contribution in [1.29, 1.82) is 0 Å². The molecule has 1 fully saturated rings. The minimum absolute atomic E-state index is 0.0962. The number of methoxy groups -OCH3 is 1. The van der Waals surface area contributed by atoms with Crippen LogP contribution in [0.3, 0.4) is 0 Å². The van der Waals surface area contributed by atoms with E-state index in [9.17, 15) is 4.79 Å². The molecule has 29 heavy (non-hydrogen) atoms. The number of ether oxygens (including phenoxy) is 1. The molecular formula is C20H23N7O2. The zero-order valence-electron chi connectivity index (χ0n) is 16.3. The van der Waals surface area contributed by atoms with Crippen molar-refractivity contribution in [2.75, 3.05) is 44.7 Å². The molecule has 9 nitrogen and oxygen atoms in total. The Morgan fingerprint density at radius 1 is 1.03 bits per heavy atom. The first kappa shape index (κ1) is 19.0. The molecule has 0 amide bonds. The highest BCUT2D eigenvalue weighted by molar-refractivity contribution is 5.56. The van der Waals surface area contributed by atoms with Gasteiger partial charge >= 0.3 is 0 Å². The summed E-state index contributed by atoms with van der Waals surface area (Å²) < 4.78 is 6.70. The lowest BCUT2D eigenvalue weighted by Gasteiger charge is -2.34. The zero-order valence-corrected chi connectivity index (χ0v) is 16.3. The average molecular weight is 393 g/mol. The number of nitrogens with zero attached hydrogens (tertiary/aromatic N) is 7. The minimum atomic E-state index is -0.0962. The van der Waals surface area contributed by atoms with Crippen LogP contribution < -0.4 is 15.2 Å². The molecule has 0 aliphatic carbocycles. The summed E-state index contributed by atoms with van der Waals surface area (Å²) in [6.45, 7) is 4.70. The highest BCUT2D eigenvalue weighted by Gasteiger charge is 2.19. The number of rotatable bonds is 6. The molecule has 0 unspecified atom stereocenters. The van der Waals surface area contributed by atoms with E-state index in [-0.39, 0.29) is 5.56 Å². The van der Waals surface area contributed by atoms with Gasteiger partial charge < -0.3 is 9.64 Å². The molecule has 1 aliphatic rings. The van der Waals surface area contributed by atoms with Gasteiger partial charge in [0.25, 0.3) is 5.56 Å². The Kier molecular flexibility index (Phi) is 5.76. The maximum Gasteiger partial charge on any atom is 0.266 e. The molecule has 4 rings (SSSR count). The summed E-state index contributed by atoms with van der Waals surface area (Å²) in [5, 5.41) is 4.50. The van der Waals surface area contributed by atoms with E-state index in [0.29, 0.717) is 18.4 Å². The van der Waals surface area contributed by atoms with E-state index in [2.05, 4.69) is 29.9 Å². The maximum absolute atomic E-state index is 12.2. The number of pyridine rings is 1. The number of hydrogen-bond acceptors (Lipinski definition) is 8. The lowest BCUT2D eigenvalue weighted by atomic mass is 10.2. The normalized spacial score (nSPS) is 14.7. The van der Waals surface area contributed by atoms with Crippen LogP contribution in [0.5, 0.6) is 5.88 Å². The van der Waals surface area contributed by atoms with Crippen LogP contribution >= 0.6 is 0 Å². The van der Waals surface area contributed by atoms with Crippen molar-refractivity contribution in [3.8, 4) is 17.1 Å². The molecule has 3 aromatic heterocycles. The van der Waals surface area contributed by atoms with Crippen LogP contribution in [0.4, 0.5) is 5.95 Å². The SMILES string of the molecule is COc1ccnc(N2CCN(CCn3nc(-c4cccnc4)ccc3=O)CC2)n1. The van der Waals surface area contributed by atoms with E-state index in [1.807, 2.05) is 12.1 Å². The summed E-state index contributed by atoms with van der Waals surface area (Å²) in [5.41, 5.74) is 1.55. The zero-order chi connectivity index (χ0) is 20.1. The Labute approximate surface area is 168 Å². The number of hydrogen-bond donors (Lipinski definition) is 0. The molecular weight excluding hydrogens is 370 g/mol. The summed E-state index contributed by atoms with van der Waals surface area (Å²) in [7, 11) is 1.60. The van der Waals surface area contributed by atoms with Gasteiger partial charge in [0.15, 0.2) is 0 Å². The van der Waals surface area contributed by atoms with Gasteiger partial charge in [-0.15, -0.1) is 0 Å². The lowest BCUT2D eigenvalue weighted by Crippen LogP contribution is -2.48. The van der Waals surface area contributed by atoms with Crippen molar-refractivity contribution < 1.29 is 4.74 Å². The van der Waals surface area contributed by atoms with Crippen LogP contribution in [-0.2, 0) is 6.54 Å². The minimum Gasteiger partial charge on any atom is -0.481 e.